The van der Waals surface area contributed by atoms with Crippen LogP contribution in [0.5, 0.6) is 0 Å². The number of hydrogen-bond acceptors (Lipinski definition) is 4. The first-order valence-corrected chi connectivity index (χ1v) is 7.67. The lowest BCUT2D eigenvalue weighted by Gasteiger charge is -2.07. The highest BCUT2D eigenvalue weighted by Gasteiger charge is 2.15. The van der Waals surface area contributed by atoms with Crippen LogP contribution in [0.2, 0.25) is 0 Å². The number of nitrogens with one attached hydrogen (secondary N) is 2. The van der Waals surface area contributed by atoms with E-state index in [1.807, 2.05) is 6.92 Å². The van der Waals surface area contributed by atoms with Crippen molar-refractivity contribution in [3.63, 3.8) is 0 Å². The van der Waals surface area contributed by atoms with Gasteiger partial charge in [0.05, 0.1) is 11.1 Å². The van der Waals surface area contributed by atoms with E-state index in [4.69, 9.17) is 5.11 Å². The third-order valence-electron chi connectivity index (χ3n) is 3.04. The van der Waals surface area contributed by atoms with Gasteiger partial charge in [0.25, 0.3) is 5.91 Å². The second-order valence-corrected chi connectivity index (χ2v) is 6.22. The van der Waals surface area contributed by atoms with Crippen molar-refractivity contribution >= 4 is 34.1 Å². The monoisotopic (exact) mass is 332 g/mol. The molecule has 0 bridgehead atoms. The summed E-state index contributed by atoms with van der Waals surface area (Å²) in [6.07, 6.45) is 0. The second kappa shape index (κ2) is 7.06. The number of carbonyl (C=O) groups excluding carboxylic acids is 2. The smallest absolute Gasteiger partial charge is 0.335 e. The average molecular weight is 332 g/mol. The predicted molar refractivity (Wildman–Crippen MR) is 87.9 cm³/mol. The Bertz CT molecular complexity index is 750. The van der Waals surface area contributed by atoms with Crippen LogP contribution in [-0.4, -0.2) is 22.9 Å². The molecule has 2 amide bonds. The quantitative estimate of drug-likeness (QED) is 0.784. The van der Waals surface area contributed by atoms with Crippen molar-refractivity contribution in [1.29, 1.82) is 0 Å². The Hall–Kier alpha value is -2.67. The first-order valence-electron chi connectivity index (χ1n) is 6.85. The first-order chi connectivity index (χ1) is 10.9. The van der Waals surface area contributed by atoms with Gasteiger partial charge < -0.3 is 15.7 Å². The number of carboxylic acid groups (broad SMARTS) is 1. The SMILES string of the molecule is CC(=O)Nc1sc(C)cc1C(=O)NCc1ccc(C(=O)O)cc1. The van der Waals surface area contributed by atoms with E-state index in [0.717, 1.165) is 10.4 Å². The van der Waals surface area contributed by atoms with Crippen LogP contribution in [-0.2, 0) is 11.3 Å². The molecule has 0 aliphatic rings. The van der Waals surface area contributed by atoms with Gasteiger partial charge in [0, 0.05) is 18.3 Å². The van der Waals surface area contributed by atoms with E-state index in [2.05, 4.69) is 10.6 Å². The van der Waals surface area contributed by atoms with E-state index >= 15 is 0 Å². The highest BCUT2D eigenvalue weighted by atomic mass is 32.1. The molecule has 2 rings (SSSR count). The highest BCUT2D eigenvalue weighted by Crippen LogP contribution is 2.27. The Balaban J connectivity index is 2.04. The fourth-order valence-corrected chi connectivity index (χ4v) is 2.93. The topological polar surface area (TPSA) is 95.5 Å². The summed E-state index contributed by atoms with van der Waals surface area (Å²) >= 11 is 1.34. The van der Waals surface area contributed by atoms with Gasteiger partial charge in [-0.1, -0.05) is 12.1 Å². The molecule has 0 spiro atoms. The maximum absolute atomic E-state index is 12.3. The molecule has 23 heavy (non-hydrogen) atoms. The van der Waals surface area contributed by atoms with Gasteiger partial charge in [0.15, 0.2) is 0 Å². The molecule has 0 saturated heterocycles. The van der Waals surface area contributed by atoms with E-state index in [1.54, 1.807) is 18.2 Å². The molecule has 0 atom stereocenters. The molecule has 1 heterocycles. The standard InChI is InChI=1S/C16H16N2O4S/c1-9-7-13(15(23-9)18-10(2)19)14(20)17-8-11-3-5-12(6-4-11)16(21)22/h3-7H,8H2,1-2H3,(H,17,20)(H,18,19)(H,21,22). The predicted octanol–water partition coefficient (Wildman–Crippen LogP) is 2.64. The van der Waals surface area contributed by atoms with Crippen molar-refractivity contribution in [2.24, 2.45) is 0 Å². The number of rotatable bonds is 5. The number of carboxylic acids is 1. The van der Waals surface area contributed by atoms with Crippen LogP contribution in [0.4, 0.5) is 5.00 Å². The Labute approximate surface area is 137 Å². The molecule has 6 nitrogen and oxygen atoms in total. The van der Waals surface area contributed by atoms with Gasteiger partial charge in [-0.05, 0) is 30.7 Å². The minimum absolute atomic E-state index is 0.196. The molecule has 120 valence electrons. The fourth-order valence-electron chi connectivity index (χ4n) is 1.98. The van der Waals surface area contributed by atoms with Gasteiger partial charge in [-0.15, -0.1) is 11.3 Å². The Morgan fingerprint density at radius 1 is 1.17 bits per heavy atom. The van der Waals surface area contributed by atoms with E-state index in [9.17, 15) is 14.4 Å². The molecular formula is C16H16N2O4S. The second-order valence-electron chi connectivity index (χ2n) is 4.97. The molecule has 0 fully saturated rings. The lowest BCUT2D eigenvalue weighted by molar-refractivity contribution is -0.114. The molecule has 1 aromatic heterocycles. The Morgan fingerprint density at radius 2 is 1.83 bits per heavy atom. The number of carbonyl (C=O) groups is 3. The van der Waals surface area contributed by atoms with Crippen LogP contribution in [0.3, 0.4) is 0 Å². The van der Waals surface area contributed by atoms with Crippen LogP contribution in [0.1, 0.15) is 38.1 Å². The summed E-state index contributed by atoms with van der Waals surface area (Å²) in [7, 11) is 0. The molecular weight excluding hydrogens is 316 g/mol. The molecule has 7 heteroatoms. The van der Waals surface area contributed by atoms with Crippen molar-refractivity contribution in [3.8, 4) is 0 Å². The number of amides is 2. The van der Waals surface area contributed by atoms with E-state index < -0.39 is 5.97 Å². The average Bonchev–Trinajstić information content (AvgIpc) is 2.85. The summed E-state index contributed by atoms with van der Waals surface area (Å²) in [5, 5.41) is 14.8. The first kappa shape index (κ1) is 16.7. The minimum Gasteiger partial charge on any atom is -0.478 e. The largest absolute Gasteiger partial charge is 0.478 e. The van der Waals surface area contributed by atoms with Gasteiger partial charge in [0.2, 0.25) is 5.91 Å². The zero-order chi connectivity index (χ0) is 17.0. The summed E-state index contributed by atoms with van der Waals surface area (Å²) < 4.78 is 0. The van der Waals surface area contributed by atoms with Gasteiger partial charge >= 0.3 is 5.97 Å². The van der Waals surface area contributed by atoms with Crippen LogP contribution >= 0.6 is 11.3 Å². The Kier molecular flexibility index (Phi) is 5.13. The number of thiophene rings is 1. The zero-order valence-electron chi connectivity index (χ0n) is 12.7. The van der Waals surface area contributed by atoms with Gasteiger partial charge in [-0.25, -0.2) is 4.79 Å². The highest BCUT2D eigenvalue weighted by molar-refractivity contribution is 7.16. The number of benzene rings is 1. The maximum atomic E-state index is 12.3. The van der Waals surface area contributed by atoms with E-state index in [-0.39, 0.29) is 23.9 Å². The molecule has 0 unspecified atom stereocenters. The molecule has 0 aliphatic carbocycles. The molecule has 2 aromatic rings. The van der Waals surface area contributed by atoms with Crippen molar-refractivity contribution < 1.29 is 19.5 Å². The lowest BCUT2D eigenvalue weighted by atomic mass is 10.1. The van der Waals surface area contributed by atoms with Gasteiger partial charge in [-0.3, -0.25) is 9.59 Å². The fraction of sp³-hybridized carbons (Fsp3) is 0.188. The van der Waals surface area contributed by atoms with Crippen LogP contribution in [0, 0.1) is 6.92 Å². The van der Waals surface area contributed by atoms with E-state index in [0.29, 0.717) is 10.6 Å². The van der Waals surface area contributed by atoms with Gasteiger partial charge in [0.1, 0.15) is 5.00 Å². The van der Waals surface area contributed by atoms with Crippen molar-refractivity contribution in [2.75, 3.05) is 5.32 Å². The summed E-state index contributed by atoms with van der Waals surface area (Å²) in [6, 6.07) is 8.00. The minimum atomic E-state index is -0.991. The van der Waals surface area contributed by atoms with Crippen molar-refractivity contribution in [2.45, 2.75) is 20.4 Å². The summed E-state index contributed by atoms with van der Waals surface area (Å²) in [6.45, 7) is 3.52. The van der Waals surface area contributed by atoms with Crippen LogP contribution in [0.25, 0.3) is 0 Å². The third kappa shape index (κ3) is 4.40. The number of hydrogen-bond donors (Lipinski definition) is 3. The van der Waals surface area contributed by atoms with Crippen LogP contribution < -0.4 is 10.6 Å². The number of aromatic carboxylic acids is 1. The normalized spacial score (nSPS) is 10.2. The van der Waals surface area contributed by atoms with Gasteiger partial charge in [-0.2, -0.15) is 0 Å². The maximum Gasteiger partial charge on any atom is 0.335 e. The number of anilines is 1. The zero-order valence-corrected chi connectivity index (χ0v) is 13.5. The Morgan fingerprint density at radius 3 is 2.39 bits per heavy atom. The van der Waals surface area contributed by atoms with Crippen molar-refractivity contribution in [1.82, 2.24) is 5.32 Å². The molecule has 1 aromatic carbocycles. The van der Waals surface area contributed by atoms with E-state index in [1.165, 1.54) is 30.4 Å². The third-order valence-corrected chi connectivity index (χ3v) is 4.01. The summed E-state index contributed by atoms with van der Waals surface area (Å²) in [4.78, 5) is 35.1. The molecule has 0 aliphatic heterocycles. The number of aryl methyl sites for hydroxylation is 1. The molecule has 0 saturated carbocycles. The molecule has 0 radical (unpaired) electrons. The molecule has 3 N–H and O–H groups in total. The summed E-state index contributed by atoms with van der Waals surface area (Å²) in [5.74, 6) is -1.51. The van der Waals surface area contributed by atoms with Crippen LogP contribution in [0.15, 0.2) is 30.3 Å². The lowest BCUT2D eigenvalue weighted by Crippen LogP contribution is -2.23. The summed E-state index contributed by atoms with van der Waals surface area (Å²) in [5.41, 5.74) is 1.41. The van der Waals surface area contributed by atoms with Crippen molar-refractivity contribution in [3.05, 3.63) is 51.9 Å².